The molecule has 2 atom stereocenters. The average molecular weight is 348 g/mol. The minimum atomic E-state index is -0.365. The van der Waals surface area contributed by atoms with Crippen molar-refractivity contribution in [3.8, 4) is 5.75 Å². The number of amides is 1. The molecule has 1 amide bonds. The molecule has 1 aromatic rings. The van der Waals surface area contributed by atoms with Crippen LogP contribution in [0.4, 0.5) is 0 Å². The summed E-state index contributed by atoms with van der Waals surface area (Å²) >= 11 is 0. The van der Waals surface area contributed by atoms with Crippen LogP contribution in [-0.4, -0.2) is 37.8 Å². The lowest BCUT2D eigenvalue weighted by Crippen LogP contribution is -2.42. The zero-order chi connectivity index (χ0) is 18.4. The highest BCUT2D eigenvalue weighted by atomic mass is 16.5. The van der Waals surface area contributed by atoms with Gasteiger partial charge in [-0.2, -0.15) is 0 Å². The van der Waals surface area contributed by atoms with Gasteiger partial charge in [-0.15, -0.1) is 0 Å². The molecule has 3 N–H and O–H groups in total. The lowest BCUT2D eigenvalue weighted by molar-refractivity contribution is -0.132. The number of rotatable bonds is 8. The maximum Gasteiger partial charge on any atom is 0.249 e. The number of benzene rings is 1. The van der Waals surface area contributed by atoms with E-state index in [0.717, 1.165) is 24.2 Å². The van der Waals surface area contributed by atoms with Crippen LogP contribution in [0, 0.1) is 5.92 Å². The van der Waals surface area contributed by atoms with Crippen LogP contribution in [0.1, 0.15) is 46.1 Å². The molecule has 0 unspecified atom stereocenters. The highest BCUT2D eigenvalue weighted by molar-refractivity contribution is 5.81. The van der Waals surface area contributed by atoms with Crippen molar-refractivity contribution in [2.24, 2.45) is 11.7 Å². The van der Waals surface area contributed by atoms with Crippen molar-refractivity contribution in [3.05, 3.63) is 29.8 Å². The Labute approximate surface area is 151 Å². The van der Waals surface area contributed by atoms with E-state index in [4.69, 9.17) is 15.2 Å². The van der Waals surface area contributed by atoms with Gasteiger partial charge in [0, 0.05) is 18.5 Å². The molecule has 1 aromatic carbocycles. The molecule has 5 nitrogen and oxygen atoms in total. The van der Waals surface area contributed by atoms with E-state index in [2.05, 4.69) is 45.1 Å². The second-order valence-electron chi connectivity index (χ2n) is 7.89. The number of nitrogens with two attached hydrogens (primary N) is 1. The van der Waals surface area contributed by atoms with Gasteiger partial charge in [0.15, 0.2) is 0 Å². The zero-order valence-corrected chi connectivity index (χ0v) is 15.9. The molecule has 25 heavy (non-hydrogen) atoms. The fourth-order valence-electron chi connectivity index (χ4n) is 2.86. The third kappa shape index (κ3) is 5.72. The van der Waals surface area contributed by atoms with Crippen molar-refractivity contribution in [2.45, 2.75) is 58.2 Å². The molecule has 1 aliphatic heterocycles. The molecule has 0 spiro atoms. The van der Waals surface area contributed by atoms with Crippen LogP contribution in [0.25, 0.3) is 0 Å². The molecule has 0 aliphatic carbocycles. The van der Waals surface area contributed by atoms with Crippen LogP contribution in [0.2, 0.25) is 0 Å². The molecule has 140 valence electrons. The summed E-state index contributed by atoms with van der Waals surface area (Å²) in [5.74, 6) is 1.34. The third-order valence-electron chi connectivity index (χ3n) is 4.59. The van der Waals surface area contributed by atoms with E-state index in [-0.39, 0.29) is 23.5 Å². The Bertz CT molecular complexity index is 555. The fraction of sp³-hybridized carbons (Fsp3) is 0.650. The number of carbonyl (C=O) groups excluding carboxylic acids is 1. The third-order valence-corrected chi connectivity index (χ3v) is 4.59. The van der Waals surface area contributed by atoms with Crippen molar-refractivity contribution in [3.63, 3.8) is 0 Å². The van der Waals surface area contributed by atoms with Crippen molar-refractivity contribution in [2.75, 3.05) is 19.7 Å². The summed E-state index contributed by atoms with van der Waals surface area (Å²) in [6.45, 7) is 10.2. The van der Waals surface area contributed by atoms with E-state index < -0.39 is 0 Å². The molecule has 1 saturated heterocycles. The van der Waals surface area contributed by atoms with Gasteiger partial charge in [0.1, 0.15) is 11.9 Å². The van der Waals surface area contributed by atoms with Crippen molar-refractivity contribution in [1.29, 1.82) is 0 Å². The lowest BCUT2D eigenvalue weighted by atomic mass is 9.84. The predicted octanol–water partition coefficient (Wildman–Crippen LogP) is 2.62. The highest BCUT2D eigenvalue weighted by Gasteiger charge is 2.31. The van der Waals surface area contributed by atoms with E-state index in [9.17, 15) is 4.79 Å². The monoisotopic (exact) mass is 348 g/mol. The summed E-state index contributed by atoms with van der Waals surface area (Å²) in [5.41, 5.74) is 6.59. The maximum absolute atomic E-state index is 12.3. The second-order valence-corrected chi connectivity index (χ2v) is 7.89. The SMILES string of the molecule is CC(C)COc1ccc(C(C)(C)CNC(=O)[C@@H]2CC[C@H](CN)O2)cc1. The Hall–Kier alpha value is -1.59. The van der Waals surface area contributed by atoms with E-state index in [1.54, 1.807) is 0 Å². The van der Waals surface area contributed by atoms with Gasteiger partial charge in [0.2, 0.25) is 5.91 Å². The Morgan fingerprint density at radius 3 is 2.56 bits per heavy atom. The highest BCUT2D eigenvalue weighted by Crippen LogP contribution is 2.25. The Morgan fingerprint density at radius 2 is 2.00 bits per heavy atom. The van der Waals surface area contributed by atoms with Crippen LogP contribution in [0.15, 0.2) is 24.3 Å². The molecule has 0 radical (unpaired) electrons. The summed E-state index contributed by atoms with van der Waals surface area (Å²) in [5, 5.41) is 3.03. The van der Waals surface area contributed by atoms with E-state index in [0.29, 0.717) is 25.6 Å². The van der Waals surface area contributed by atoms with Gasteiger partial charge < -0.3 is 20.5 Å². The number of hydrogen-bond acceptors (Lipinski definition) is 4. The Kier molecular flexibility index (Phi) is 6.85. The Morgan fingerprint density at radius 1 is 1.32 bits per heavy atom. The van der Waals surface area contributed by atoms with Gasteiger partial charge >= 0.3 is 0 Å². The van der Waals surface area contributed by atoms with Gasteiger partial charge in [-0.1, -0.05) is 39.8 Å². The van der Waals surface area contributed by atoms with Crippen LogP contribution < -0.4 is 15.8 Å². The van der Waals surface area contributed by atoms with Crippen LogP contribution >= 0.6 is 0 Å². The topological polar surface area (TPSA) is 73.6 Å². The van der Waals surface area contributed by atoms with Gasteiger partial charge in [-0.25, -0.2) is 0 Å². The first-order chi connectivity index (χ1) is 11.8. The van der Waals surface area contributed by atoms with E-state index >= 15 is 0 Å². The second kappa shape index (κ2) is 8.68. The molecule has 5 heteroatoms. The Balaban J connectivity index is 1.87. The summed E-state index contributed by atoms with van der Waals surface area (Å²) in [6, 6.07) is 8.12. The molecule has 0 saturated carbocycles. The molecular formula is C20H32N2O3. The van der Waals surface area contributed by atoms with Crippen LogP contribution in [0.5, 0.6) is 5.75 Å². The van der Waals surface area contributed by atoms with Crippen molar-refractivity contribution < 1.29 is 14.3 Å². The summed E-state index contributed by atoms with van der Waals surface area (Å²) in [6.07, 6.45) is 1.25. The molecule has 2 rings (SSSR count). The summed E-state index contributed by atoms with van der Waals surface area (Å²) in [4.78, 5) is 12.3. The van der Waals surface area contributed by atoms with Crippen molar-refractivity contribution >= 4 is 5.91 Å². The first-order valence-electron chi connectivity index (χ1n) is 9.18. The normalized spacial score (nSPS) is 20.7. The van der Waals surface area contributed by atoms with Gasteiger partial charge in [-0.05, 0) is 36.5 Å². The number of nitrogens with one attached hydrogen (secondary N) is 1. The summed E-state index contributed by atoms with van der Waals surface area (Å²) < 4.78 is 11.4. The smallest absolute Gasteiger partial charge is 0.249 e. The molecule has 0 aromatic heterocycles. The lowest BCUT2D eigenvalue weighted by Gasteiger charge is -2.26. The van der Waals surface area contributed by atoms with Gasteiger partial charge in [0.05, 0.1) is 12.7 Å². The number of carbonyl (C=O) groups is 1. The molecule has 1 heterocycles. The van der Waals surface area contributed by atoms with Crippen LogP contribution in [0.3, 0.4) is 0 Å². The molecule has 1 fully saturated rings. The van der Waals surface area contributed by atoms with Gasteiger partial charge in [-0.3, -0.25) is 4.79 Å². The van der Waals surface area contributed by atoms with E-state index in [1.165, 1.54) is 0 Å². The molecular weight excluding hydrogens is 316 g/mol. The fourth-order valence-corrected chi connectivity index (χ4v) is 2.86. The molecule has 1 aliphatic rings. The van der Waals surface area contributed by atoms with Crippen LogP contribution in [-0.2, 0) is 14.9 Å². The van der Waals surface area contributed by atoms with E-state index in [1.807, 2.05) is 12.1 Å². The maximum atomic E-state index is 12.3. The quantitative estimate of drug-likeness (QED) is 0.757. The zero-order valence-electron chi connectivity index (χ0n) is 15.9. The number of hydrogen-bond donors (Lipinski definition) is 2. The standard InChI is InChI=1S/C20H32N2O3/c1-14(2)12-24-16-7-5-15(6-8-16)20(3,4)13-22-19(23)18-10-9-17(11-21)25-18/h5-8,14,17-18H,9-13,21H2,1-4H3,(H,22,23)/t17-,18+/m1/s1. The minimum absolute atomic E-state index is 0.0159. The van der Waals surface area contributed by atoms with Gasteiger partial charge in [0.25, 0.3) is 0 Å². The van der Waals surface area contributed by atoms with Crippen molar-refractivity contribution in [1.82, 2.24) is 5.32 Å². The first-order valence-corrected chi connectivity index (χ1v) is 9.18. The number of ether oxygens (including phenoxy) is 2. The average Bonchev–Trinajstić information content (AvgIpc) is 3.07. The first kappa shape index (κ1) is 19.7. The predicted molar refractivity (Wildman–Crippen MR) is 99.8 cm³/mol. The largest absolute Gasteiger partial charge is 0.493 e. The molecule has 0 bridgehead atoms. The minimum Gasteiger partial charge on any atom is -0.493 e. The summed E-state index contributed by atoms with van der Waals surface area (Å²) in [7, 11) is 0.